The molecule has 3 rings (SSSR count). The number of hydrogen-bond donors (Lipinski definition) is 1. The van der Waals surface area contributed by atoms with Gasteiger partial charge in [0.15, 0.2) is 0 Å². The van der Waals surface area contributed by atoms with Crippen LogP contribution in [0.15, 0.2) is 24.3 Å². The summed E-state index contributed by atoms with van der Waals surface area (Å²) in [7, 11) is 0. The number of amides is 2. The summed E-state index contributed by atoms with van der Waals surface area (Å²) in [5, 5.41) is 24.2. The Morgan fingerprint density at radius 1 is 0.762 bits per heavy atom. The lowest BCUT2D eigenvalue weighted by atomic mass is 9.89. The van der Waals surface area contributed by atoms with Gasteiger partial charge in [0, 0.05) is 33.0 Å². The van der Waals surface area contributed by atoms with E-state index in [0.29, 0.717) is 0 Å². The van der Waals surface area contributed by atoms with Crippen molar-refractivity contribution in [3.8, 4) is 0 Å². The predicted molar refractivity (Wildman–Crippen MR) is 64.4 cm³/mol. The van der Waals surface area contributed by atoms with E-state index in [1.165, 1.54) is 12.1 Å². The van der Waals surface area contributed by atoms with Crippen molar-refractivity contribution in [1.29, 1.82) is 0 Å². The molecule has 1 heterocycles. The van der Waals surface area contributed by atoms with E-state index in [9.17, 15) is 29.4 Å². The molecule has 21 heavy (non-hydrogen) atoms. The Morgan fingerprint density at radius 2 is 1.19 bits per heavy atom. The minimum atomic E-state index is -1.61. The van der Waals surface area contributed by atoms with Crippen molar-refractivity contribution in [2.75, 3.05) is 0 Å². The molecule has 0 bridgehead atoms. The van der Waals surface area contributed by atoms with Crippen LogP contribution in [0.5, 0.6) is 0 Å². The first-order valence-electron chi connectivity index (χ1n) is 5.80. The first kappa shape index (κ1) is 12.8. The molecule has 0 aliphatic carbocycles. The maximum atomic E-state index is 11.8. The van der Waals surface area contributed by atoms with Crippen molar-refractivity contribution in [3.63, 3.8) is 0 Å². The van der Waals surface area contributed by atoms with Gasteiger partial charge < -0.3 is 19.8 Å². The van der Waals surface area contributed by atoms with E-state index in [4.69, 9.17) is 0 Å². The summed E-state index contributed by atoms with van der Waals surface area (Å²) in [6.07, 6.45) is 0. The summed E-state index contributed by atoms with van der Waals surface area (Å²) < 4.78 is 0. The Hall–Kier alpha value is -3.22. The Bertz CT molecular complexity index is 801. The standard InChI is InChI=1S/C14H7NO6/c16-11-5-1-3-7(13(18)19)10-8(14(20)21)4-2-6(9(5)10)12(17)15-11/h1-4H,(H,18,19)(H,20,21)(H,15,16,17)/p-2. The topological polar surface area (TPSA) is 126 Å². The first-order chi connectivity index (χ1) is 9.91. The number of carboxylic acid groups (broad SMARTS) is 2. The quantitative estimate of drug-likeness (QED) is 0.665. The molecule has 104 valence electrons. The second-order valence-electron chi connectivity index (χ2n) is 4.43. The van der Waals surface area contributed by atoms with Crippen molar-refractivity contribution in [3.05, 3.63) is 46.5 Å². The normalized spacial score (nSPS) is 13.1. The highest BCUT2D eigenvalue weighted by atomic mass is 16.4. The van der Waals surface area contributed by atoms with Crippen LogP contribution in [0, 0.1) is 0 Å². The summed E-state index contributed by atoms with van der Waals surface area (Å²) in [4.78, 5) is 45.9. The van der Waals surface area contributed by atoms with Crippen LogP contribution in [-0.4, -0.2) is 23.8 Å². The van der Waals surface area contributed by atoms with E-state index in [-0.39, 0.29) is 21.9 Å². The smallest absolute Gasteiger partial charge is 0.258 e. The average molecular weight is 283 g/mol. The molecule has 2 amide bonds. The third-order valence-electron chi connectivity index (χ3n) is 3.32. The van der Waals surface area contributed by atoms with Gasteiger partial charge in [-0.25, -0.2) is 0 Å². The van der Waals surface area contributed by atoms with E-state index >= 15 is 0 Å². The van der Waals surface area contributed by atoms with E-state index < -0.39 is 34.9 Å². The number of carbonyl (C=O) groups is 4. The van der Waals surface area contributed by atoms with Crippen LogP contribution in [0.3, 0.4) is 0 Å². The van der Waals surface area contributed by atoms with Crippen molar-refractivity contribution >= 4 is 34.5 Å². The Morgan fingerprint density at radius 3 is 1.57 bits per heavy atom. The number of nitrogens with one attached hydrogen (secondary N) is 1. The molecule has 0 unspecified atom stereocenters. The van der Waals surface area contributed by atoms with Gasteiger partial charge in [-0.05, 0) is 12.1 Å². The lowest BCUT2D eigenvalue weighted by molar-refractivity contribution is -0.255. The fraction of sp³-hybridized carbons (Fsp3) is 0. The summed E-state index contributed by atoms with van der Waals surface area (Å²) >= 11 is 0. The molecule has 0 atom stereocenters. The van der Waals surface area contributed by atoms with Gasteiger partial charge in [0.1, 0.15) is 0 Å². The molecule has 7 nitrogen and oxygen atoms in total. The molecule has 2 aromatic rings. The number of benzene rings is 2. The molecule has 1 aliphatic heterocycles. The van der Waals surface area contributed by atoms with Crippen LogP contribution in [0.4, 0.5) is 0 Å². The Kier molecular flexibility index (Phi) is 2.52. The first-order valence-corrected chi connectivity index (χ1v) is 5.80. The van der Waals surface area contributed by atoms with Crippen LogP contribution in [0.1, 0.15) is 41.4 Å². The van der Waals surface area contributed by atoms with E-state index in [1.54, 1.807) is 0 Å². The van der Waals surface area contributed by atoms with E-state index in [1.807, 2.05) is 0 Å². The lowest BCUT2D eigenvalue weighted by Gasteiger charge is -2.21. The molecule has 1 N–H and O–H groups in total. The summed E-state index contributed by atoms with van der Waals surface area (Å²) in [5.74, 6) is -4.67. The zero-order valence-electron chi connectivity index (χ0n) is 10.3. The third kappa shape index (κ3) is 1.68. The van der Waals surface area contributed by atoms with E-state index in [2.05, 4.69) is 5.32 Å². The van der Waals surface area contributed by atoms with Crippen LogP contribution in [-0.2, 0) is 0 Å². The largest absolute Gasteiger partial charge is 0.545 e. The second-order valence-corrected chi connectivity index (χ2v) is 4.43. The molecule has 0 saturated carbocycles. The molecular weight excluding hydrogens is 278 g/mol. The molecule has 2 aromatic carbocycles. The molecule has 0 radical (unpaired) electrons. The van der Waals surface area contributed by atoms with Crippen molar-refractivity contribution in [2.24, 2.45) is 0 Å². The number of carbonyl (C=O) groups excluding carboxylic acids is 4. The fourth-order valence-corrected chi connectivity index (χ4v) is 2.45. The lowest BCUT2D eigenvalue weighted by Crippen LogP contribution is -2.36. The highest BCUT2D eigenvalue weighted by Crippen LogP contribution is 2.31. The second kappa shape index (κ2) is 4.14. The molecular formula is C14H5NO6-2. The van der Waals surface area contributed by atoms with Crippen molar-refractivity contribution in [1.82, 2.24) is 5.32 Å². The van der Waals surface area contributed by atoms with Gasteiger partial charge in [0.2, 0.25) is 0 Å². The molecule has 0 fully saturated rings. The minimum Gasteiger partial charge on any atom is -0.545 e. The van der Waals surface area contributed by atoms with Crippen molar-refractivity contribution in [2.45, 2.75) is 0 Å². The SMILES string of the molecule is O=C([O-])c1ccc2c3c(ccc(C(=O)[O-])c13)C(=O)NC2=O. The number of carboxylic acids is 2. The maximum Gasteiger partial charge on any atom is 0.258 e. The predicted octanol–water partition coefficient (Wildman–Crippen LogP) is -1.55. The van der Waals surface area contributed by atoms with Crippen LogP contribution >= 0.6 is 0 Å². The minimum absolute atomic E-state index is 0.0210. The van der Waals surface area contributed by atoms with Gasteiger partial charge in [-0.15, -0.1) is 0 Å². The molecule has 0 spiro atoms. The van der Waals surface area contributed by atoms with Gasteiger partial charge in [-0.1, -0.05) is 12.1 Å². The van der Waals surface area contributed by atoms with E-state index in [0.717, 1.165) is 12.1 Å². The zero-order valence-corrected chi connectivity index (χ0v) is 10.3. The van der Waals surface area contributed by atoms with Gasteiger partial charge in [-0.3, -0.25) is 14.9 Å². The highest BCUT2D eigenvalue weighted by molar-refractivity contribution is 6.29. The van der Waals surface area contributed by atoms with Crippen LogP contribution < -0.4 is 15.5 Å². The molecule has 1 aliphatic rings. The van der Waals surface area contributed by atoms with Gasteiger partial charge in [-0.2, -0.15) is 0 Å². The maximum absolute atomic E-state index is 11.8. The number of rotatable bonds is 2. The average Bonchev–Trinajstić information content (AvgIpc) is 2.43. The van der Waals surface area contributed by atoms with Gasteiger partial charge in [0.25, 0.3) is 11.8 Å². The monoisotopic (exact) mass is 283 g/mol. The van der Waals surface area contributed by atoms with Crippen LogP contribution in [0.25, 0.3) is 10.8 Å². The van der Waals surface area contributed by atoms with Crippen LogP contribution in [0.2, 0.25) is 0 Å². The van der Waals surface area contributed by atoms with Crippen molar-refractivity contribution < 1.29 is 29.4 Å². The van der Waals surface area contributed by atoms with Gasteiger partial charge in [0.05, 0.1) is 11.9 Å². The number of hydrogen-bond acceptors (Lipinski definition) is 6. The summed E-state index contributed by atoms with van der Waals surface area (Å²) in [6, 6.07) is 4.55. The van der Waals surface area contributed by atoms with Gasteiger partial charge >= 0.3 is 0 Å². The number of aromatic carboxylic acids is 2. The molecule has 7 heteroatoms. The number of imide groups is 1. The fourth-order valence-electron chi connectivity index (χ4n) is 2.45. The third-order valence-corrected chi connectivity index (χ3v) is 3.32. The molecule has 0 saturated heterocycles. The molecule has 0 aromatic heterocycles. The summed E-state index contributed by atoms with van der Waals surface area (Å²) in [6.45, 7) is 0. The summed E-state index contributed by atoms with van der Waals surface area (Å²) in [5.41, 5.74) is -0.796. The Balaban J connectivity index is 2.60. The highest BCUT2D eigenvalue weighted by Gasteiger charge is 2.27. The zero-order chi connectivity index (χ0) is 15.3. The Labute approximate surface area is 116 Å².